The smallest absolute Gasteiger partial charge is 0.257 e. The van der Waals surface area contributed by atoms with Crippen molar-refractivity contribution < 1.29 is 23.2 Å². The Morgan fingerprint density at radius 2 is 1.86 bits per heavy atom. The maximum absolute atomic E-state index is 13.4. The molecule has 0 spiro atoms. The number of amides is 1. The number of carbonyl (C=O) groups excluding carboxylic acids is 1. The molecule has 1 aromatic heterocycles. The number of morpholine rings is 1. The number of benzene rings is 2. The first-order valence-corrected chi connectivity index (χ1v) is 10.2. The fraction of sp³-hybridized carbons (Fsp3) is 0.238. The molecule has 29 heavy (non-hydrogen) atoms. The van der Waals surface area contributed by atoms with Crippen molar-refractivity contribution in [1.82, 2.24) is 4.98 Å². The number of quaternary nitrogens is 1. The van der Waals surface area contributed by atoms with Crippen LogP contribution in [0.25, 0.3) is 11.3 Å². The van der Waals surface area contributed by atoms with Crippen LogP contribution in [-0.2, 0) is 11.3 Å². The zero-order valence-corrected chi connectivity index (χ0v) is 16.4. The highest BCUT2D eigenvalue weighted by Crippen LogP contribution is 2.26. The number of nitrogens with one attached hydrogen (secondary N) is 2. The van der Waals surface area contributed by atoms with E-state index in [4.69, 9.17) is 4.74 Å². The third-order valence-corrected chi connectivity index (χ3v) is 5.57. The Morgan fingerprint density at radius 1 is 1.10 bits per heavy atom. The molecule has 3 aromatic rings. The Bertz CT molecular complexity index is 1000. The SMILES string of the molecule is O=C(Nc1nc(-c2ccc(F)c(F)c2)cs1)c1ccc(C[NH+]2CCOCC2)cc1. The maximum Gasteiger partial charge on any atom is 0.257 e. The summed E-state index contributed by atoms with van der Waals surface area (Å²) in [5.74, 6) is -2.10. The van der Waals surface area contributed by atoms with E-state index in [-0.39, 0.29) is 5.91 Å². The number of rotatable bonds is 5. The van der Waals surface area contributed by atoms with E-state index in [9.17, 15) is 13.6 Å². The first-order chi connectivity index (χ1) is 14.1. The highest BCUT2D eigenvalue weighted by molar-refractivity contribution is 7.14. The largest absolute Gasteiger partial charge is 0.370 e. The highest BCUT2D eigenvalue weighted by atomic mass is 32.1. The standard InChI is InChI=1S/C21H19F2N3O2S/c22-17-6-5-16(11-18(17)23)19-13-29-21(24-19)25-20(27)15-3-1-14(2-4-15)12-26-7-9-28-10-8-26/h1-6,11,13H,7-10,12H2,(H,24,25,27)/p+1. The van der Waals surface area contributed by atoms with Crippen LogP contribution in [0.5, 0.6) is 0 Å². The Kier molecular flexibility index (Phi) is 5.94. The van der Waals surface area contributed by atoms with Gasteiger partial charge in [-0.3, -0.25) is 10.1 Å². The first kappa shape index (κ1) is 19.6. The average Bonchev–Trinajstić information content (AvgIpc) is 3.20. The second kappa shape index (κ2) is 8.77. The molecule has 2 aromatic carbocycles. The molecular weight excluding hydrogens is 396 g/mol. The zero-order chi connectivity index (χ0) is 20.2. The van der Waals surface area contributed by atoms with Crippen molar-refractivity contribution in [2.24, 2.45) is 0 Å². The van der Waals surface area contributed by atoms with Crippen LogP contribution >= 0.6 is 11.3 Å². The van der Waals surface area contributed by atoms with Crippen LogP contribution in [0.15, 0.2) is 47.8 Å². The van der Waals surface area contributed by atoms with Gasteiger partial charge in [-0.1, -0.05) is 12.1 Å². The van der Waals surface area contributed by atoms with Crippen molar-refractivity contribution in [1.29, 1.82) is 0 Å². The summed E-state index contributed by atoms with van der Waals surface area (Å²) in [4.78, 5) is 18.3. The molecule has 0 unspecified atom stereocenters. The molecule has 4 rings (SSSR count). The van der Waals surface area contributed by atoms with Gasteiger partial charge >= 0.3 is 0 Å². The minimum absolute atomic E-state index is 0.263. The Morgan fingerprint density at radius 3 is 2.59 bits per heavy atom. The number of hydrogen-bond acceptors (Lipinski definition) is 4. The molecule has 2 N–H and O–H groups in total. The molecule has 150 valence electrons. The molecule has 5 nitrogen and oxygen atoms in total. The van der Waals surface area contributed by atoms with E-state index in [1.165, 1.54) is 27.9 Å². The number of aromatic nitrogens is 1. The van der Waals surface area contributed by atoms with Gasteiger partial charge in [0.25, 0.3) is 5.91 Å². The molecule has 0 aliphatic carbocycles. The van der Waals surface area contributed by atoms with Crippen molar-refractivity contribution >= 4 is 22.4 Å². The van der Waals surface area contributed by atoms with E-state index in [2.05, 4.69) is 10.3 Å². The van der Waals surface area contributed by atoms with Crippen molar-refractivity contribution in [3.63, 3.8) is 0 Å². The molecule has 0 atom stereocenters. The Labute approximate surface area is 171 Å². The lowest BCUT2D eigenvalue weighted by molar-refractivity contribution is -0.921. The van der Waals surface area contributed by atoms with Crippen LogP contribution in [0.3, 0.4) is 0 Å². The number of nitrogens with zero attached hydrogens (tertiary/aromatic N) is 1. The molecule has 1 saturated heterocycles. The van der Waals surface area contributed by atoms with E-state index in [0.29, 0.717) is 22.0 Å². The number of anilines is 1. The van der Waals surface area contributed by atoms with Crippen LogP contribution in [0.1, 0.15) is 15.9 Å². The summed E-state index contributed by atoms with van der Waals surface area (Å²) in [6, 6.07) is 11.1. The molecule has 1 amide bonds. The van der Waals surface area contributed by atoms with Crippen LogP contribution in [0.4, 0.5) is 13.9 Å². The topological polar surface area (TPSA) is 55.7 Å². The molecule has 1 aliphatic heterocycles. The zero-order valence-electron chi connectivity index (χ0n) is 15.6. The summed E-state index contributed by atoms with van der Waals surface area (Å²) in [6.07, 6.45) is 0. The van der Waals surface area contributed by atoms with Gasteiger partial charge in [-0.05, 0) is 30.3 Å². The second-order valence-corrected chi connectivity index (χ2v) is 7.72. The van der Waals surface area contributed by atoms with Crippen molar-refractivity contribution in [3.8, 4) is 11.3 Å². The number of ether oxygens (including phenoxy) is 1. The Hall–Kier alpha value is -2.68. The van der Waals surface area contributed by atoms with Crippen LogP contribution < -0.4 is 10.2 Å². The predicted octanol–water partition coefficient (Wildman–Crippen LogP) is 2.76. The van der Waals surface area contributed by atoms with Crippen molar-refractivity contribution in [2.75, 3.05) is 31.6 Å². The van der Waals surface area contributed by atoms with E-state index in [0.717, 1.165) is 45.0 Å². The van der Waals surface area contributed by atoms with Crippen LogP contribution in [0, 0.1) is 11.6 Å². The molecule has 0 bridgehead atoms. The number of hydrogen-bond donors (Lipinski definition) is 2. The molecule has 0 radical (unpaired) electrons. The van der Waals surface area contributed by atoms with Gasteiger partial charge in [0, 0.05) is 22.1 Å². The quantitative estimate of drug-likeness (QED) is 0.673. The molecule has 8 heteroatoms. The maximum atomic E-state index is 13.4. The van der Waals surface area contributed by atoms with Crippen molar-refractivity contribution in [3.05, 3.63) is 70.6 Å². The van der Waals surface area contributed by atoms with Gasteiger partial charge in [0.05, 0.1) is 18.9 Å². The van der Waals surface area contributed by atoms with Crippen LogP contribution in [0.2, 0.25) is 0 Å². The fourth-order valence-electron chi connectivity index (χ4n) is 3.19. The van der Waals surface area contributed by atoms with Gasteiger partial charge in [0.1, 0.15) is 19.6 Å². The van der Waals surface area contributed by atoms with E-state index in [1.807, 2.05) is 12.1 Å². The molecule has 1 aliphatic rings. The summed E-state index contributed by atoms with van der Waals surface area (Å²) in [5.41, 5.74) is 2.65. The predicted molar refractivity (Wildman–Crippen MR) is 107 cm³/mol. The normalized spacial score (nSPS) is 14.7. The summed E-state index contributed by atoms with van der Waals surface area (Å²) in [7, 11) is 0. The van der Waals surface area contributed by atoms with E-state index < -0.39 is 11.6 Å². The van der Waals surface area contributed by atoms with Gasteiger partial charge in [-0.25, -0.2) is 13.8 Å². The fourth-order valence-corrected chi connectivity index (χ4v) is 3.90. The second-order valence-electron chi connectivity index (χ2n) is 6.86. The number of halogens is 2. The van der Waals surface area contributed by atoms with E-state index >= 15 is 0 Å². The van der Waals surface area contributed by atoms with Gasteiger partial charge in [-0.15, -0.1) is 11.3 Å². The van der Waals surface area contributed by atoms with Gasteiger partial charge in [0.2, 0.25) is 0 Å². The number of thiazole rings is 1. The molecular formula is C21H20F2N3O2S+. The monoisotopic (exact) mass is 416 g/mol. The third kappa shape index (κ3) is 4.84. The molecule has 1 fully saturated rings. The Balaban J connectivity index is 1.39. The first-order valence-electron chi connectivity index (χ1n) is 9.31. The van der Waals surface area contributed by atoms with E-state index in [1.54, 1.807) is 17.5 Å². The van der Waals surface area contributed by atoms with Gasteiger partial charge in [-0.2, -0.15) is 0 Å². The summed E-state index contributed by atoms with van der Waals surface area (Å²) in [6.45, 7) is 4.47. The average molecular weight is 416 g/mol. The lowest BCUT2D eigenvalue weighted by atomic mass is 10.1. The molecule has 2 heterocycles. The van der Waals surface area contributed by atoms with Crippen LogP contribution in [-0.4, -0.2) is 37.2 Å². The highest BCUT2D eigenvalue weighted by Gasteiger charge is 2.15. The summed E-state index contributed by atoms with van der Waals surface area (Å²) >= 11 is 1.23. The molecule has 0 saturated carbocycles. The van der Waals surface area contributed by atoms with Crippen molar-refractivity contribution in [2.45, 2.75) is 6.54 Å². The lowest BCUT2D eigenvalue weighted by Gasteiger charge is -2.23. The van der Waals surface area contributed by atoms with Gasteiger partial charge < -0.3 is 9.64 Å². The minimum Gasteiger partial charge on any atom is -0.370 e. The number of carbonyl (C=O) groups is 1. The summed E-state index contributed by atoms with van der Waals surface area (Å²) in [5, 5.41) is 4.84. The third-order valence-electron chi connectivity index (χ3n) is 4.81. The minimum atomic E-state index is -0.930. The summed E-state index contributed by atoms with van der Waals surface area (Å²) < 4.78 is 31.9. The van der Waals surface area contributed by atoms with Gasteiger partial charge in [0.15, 0.2) is 16.8 Å². The lowest BCUT2D eigenvalue weighted by Crippen LogP contribution is -3.12.